The first kappa shape index (κ1) is 20.5. The van der Waals surface area contributed by atoms with Crippen LogP contribution in [0, 0.1) is 0 Å². The number of thiophene rings is 2. The van der Waals surface area contributed by atoms with Gasteiger partial charge in [-0.25, -0.2) is 13.4 Å². The van der Waals surface area contributed by atoms with Crippen LogP contribution >= 0.6 is 61.5 Å². The van der Waals surface area contributed by atoms with Crippen molar-refractivity contribution in [3.63, 3.8) is 0 Å². The number of carbonyl (C=O) groups is 1. The van der Waals surface area contributed by atoms with Crippen molar-refractivity contribution >= 4 is 82.6 Å². The molecule has 6 nitrogen and oxygen atoms in total. The van der Waals surface area contributed by atoms with Crippen LogP contribution in [-0.2, 0) is 14.8 Å². The van der Waals surface area contributed by atoms with E-state index in [1.807, 2.05) is 17.5 Å². The number of hydrogen-bond acceptors (Lipinski definition) is 7. The second-order valence-corrected chi connectivity index (χ2v) is 13.1. The molecule has 1 aliphatic rings. The summed E-state index contributed by atoms with van der Waals surface area (Å²) >= 11 is 13.2. The van der Waals surface area contributed by atoms with E-state index in [1.54, 1.807) is 17.4 Å². The molecule has 1 unspecified atom stereocenters. The third kappa shape index (κ3) is 4.07. The van der Waals surface area contributed by atoms with Gasteiger partial charge in [0.1, 0.15) is 10.3 Å². The van der Waals surface area contributed by atoms with Crippen LogP contribution in [0.3, 0.4) is 0 Å². The number of rotatable bonds is 5. The van der Waals surface area contributed by atoms with E-state index in [2.05, 4.69) is 26.2 Å². The van der Waals surface area contributed by atoms with Gasteiger partial charge in [-0.15, -0.1) is 34.0 Å². The second kappa shape index (κ2) is 8.13. The van der Waals surface area contributed by atoms with Crippen molar-refractivity contribution in [3.8, 4) is 10.6 Å². The number of nitrogens with one attached hydrogen (secondary N) is 1. The first-order valence-corrected chi connectivity index (χ1v) is 13.3. The highest BCUT2D eigenvalue weighted by atomic mass is 79.9. The van der Waals surface area contributed by atoms with Gasteiger partial charge in [-0.05, 0) is 53.0 Å². The van der Waals surface area contributed by atoms with Crippen LogP contribution in [0.2, 0.25) is 4.34 Å². The van der Waals surface area contributed by atoms with Gasteiger partial charge in [0, 0.05) is 11.9 Å². The Balaban J connectivity index is 1.51. The van der Waals surface area contributed by atoms with Crippen molar-refractivity contribution in [1.82, 2.24) is 9.29 Å². The molecule has 1 fully saturated rings. The van der Waals surface area contributed by atoms with E-state index in [4.69, 9.17) is 11.6 Å². The summed E-state index contributed by atoms with van der Waals surface area (Å²) in [4.78, 5) is 18.2. The number of amides is 1. The Kier molecular flexibility index (Phi) is 5.94. The minimum absolute atomic E-state index is 0.150. The highest BCUT2D eigenvalue weighted by Gasteiger charge is 2.40. The Bertz CT molecular complexity index is 1120. The topological polar surface area (TPSA) is 79.4 Å². The molecule has 1 N–H and O–H groups in total. The first-order valence-electron chi connectivity index (χ1n) is 8.14. The molecule has 12 heteroatoms. The fourth-order valence-corrected chi connectivity index (χ4v) is 8.33. The molecule has 1 atom stereocenters. The molecule has 0 spiro atoms. The molecule has 28 heavy (non-hydrogen) atoms. The number of halogens is 2. The molecule has 1 saturated heterocycles. The minimum Gasteiger partial charge on any atom is -0.301 e. The van der Waals surface area contributed by atoms with Crippen molar-refractivity contribution in [2.45, 2.75) is 23.1 Å². The first-order chi connectivity index (χ1) is 13.3. The molecule has 3 aromatic rings. The predicted octanol–water partition coefficient (Wildman–Crippen LogP) is 5.14. The van der Waals surface area contributed by atoms with Gasteiger partial charge in [-0.3, -0.25) is 4.79 Å². The zero-order valence-electron chi connectivity index (χ0n) is 14.1. The summed E-state index contributed by atoms with van der Waals surface area (Å²) in [6, 6.07) is 6.16. The summed E-state index contributed by atoms with van der Waals surface area (Å²) in [5.74, 6) is -0.364. The van der Waals surface area contributed by atoms with Crippen LogP contribution < -0.4 is 5.32 Å². The van der Waals surface area contributed by atoms with Gasteiger partial charge in [0.15, 0.2) is 5.13 Å². The lowest BCUT2D eigenvalue weighted by Gasteiger charge is -2.22. The van der Waals surface area contributed by atoms with Gasteiger partial charge in [-0.1, -0.05) is 11.6 Å². The van der Waals surface area contributed by atoms with E-state index >= 15 is 0 Å². The summed E-state index contributed by atoms with van der Waals surface area (Å²) in [5.41, 5.74) is 0.778. The molecule has 148 valence electrons. The molecule has 1 aliphatic heterocycles. The van der Waals surface area contributed by atoms with Gasteiger partial charge >= 0.3 is 0 Å². The molecule has 3 aromatic heterocycles. The van der Waals surface area contributed by atoms with Crippen molar-refractivity contribution in [2.75, 3.05) is 11.9 Å². The van der Waals surface area contributed by atoms with E-state index in [0.29, 0.717) is 28.9 Å². The van der Waals surface area contributed by atoms with Crippen LogP contribution in [0.5, 0.6) is 0 Å². The third-order valence-corrected chi connectivity index (χ3v) is 10.2. The number of carbonyl (C=O) groups excluding carboxylic acids is 1. The van der Waals surface area contributed by atoms with E-state index in [1.165, 1.54) is 21.7 Å². The SMILES string of the molecule is O=C(Nc1nc(-c2ccc(Br)s2)cs1)C1CCCN1S(=O)(=O)c1ccc(Cl)s1. The van der Waals surface area contributed by atoms with Gasteiger partial charge < -0.3 is 5.32 Å². The zero-order chi connectivity index (χ0) is 19.9. The number of sulfonamides is 1. The van der Waals surface area contributed by atoms with Crippen molar-refractivity contribution in [3.05, 3.63) is 37.8 Å². The van der Waals surface area contributed by atoms with Gasteiger partial charge in [-0.2, -0.15) is 4.31 Å². The number of nitrogens with zero attached hydrogens (tertiary/aromatic N) is 2. The lowest BCUT2D eigenvalue weighted by atomic mass is 10.2. The summed E-state index contributed by atoms with van der Waals surface area (Å²) < 4.78 is 28.6. The number of anilines is 1. The third-order valence-electron chi connectivity index (χ3n) is 4.18. The average Bonchev–Trinajstić information content (AvgIpc) is 3.41. The maximum atomic E-state index is 12.9. The fourth-order valence-electron chi connectivity index (χ4n) is 2.93. The highest BCUT2D eigenvalue weighted by Crippen LogP contribution is 2.35. The average molecular weight is 539 g/mol. The Hall–Kier alpha value is -0.820. The summed E-state index contributed by atoms with van der Waals surface area (Å²) in [7, 11) is -3.75. The number of hydrogen-bond donors (Lipinski definition) is 1. The Morgan fingerprint density at radius 2 is 2.11 bits per heavy atom. The smallest absolute Gasteiger partial charge is 0.253 e. The zero-order valence-corrected chi connectivity index (χ0v) is 19.7. The van der Waals surface area contributed by atoms with Crippen LogP contribution in [0.15, 0.2) is 37.6 Å². The van der Waals surface area contributed by atoms with Crippen LogP contribution in [-0.4, -0.2) is 36.2 Å². The van der Waals surface area contributed by atoms with E-state index in [0.717, 1.165) is 25.7 Å². The Morgan fingerprint density at radius 1 is 1.29 bits per heavy atom. The molecule has 1 amide bonds. The molecule has 0 radical (unpaired) electrons. The van der Waals surface area contributed by atoms with E-state index in [9.17, 15) is 13.2 Å². The molecule has 4 rings (SSSR count). The monoisotopic (exact) mass is 537 g/mol. The molecule has 4 heterocycles. The Labute approximate surface area is 187 Å². The van der Waals surface area contributed by atoms with Crippen LogP contribution in [0.25, 0.3) is 10.6 Å². The van der Waals surface area contributed by atoms with Crippen molar-refractivity contribution < 1.29 is 13.2 Å². The number of thiazole rings is 1. The Morgan fingerprint density at radius 3 is 2.79 bits per heavy atom. The summed E-state index contributed by atoms with van der Waals surface area (Å²) in [5, 5.41) is 5.09. The standard InChI is InChI=1S/C16H13BrClN3O3S4/c17-12-4-3-11(26-12)9-8-25-16(19-9)20-15(22)10-2-1-7-21(10)28(23,24)14-6-5-13(18)27-14/h3-6,8,10H,1-2,7H2,(H,19,20,22). The molecular weight excluding hydrogens is 526 g/mol. The summed E-state index contributed by atoms with van der Waals surface area (Å²) in [6.45, 7) is 0.308. The maximum absolute atomic E-state index is 12.9. The molecule has 0 aliphatic carbocycles. The lowest BCUT2D eigenvalue weighted by Crippen LogP contribution is -2.42. The molecule has 0 saturated carbocycles. The maximum Gasteiger partial charge on any atom is 0.253 e. The predicted molar refractivity (Wildman–Crippen MR) is 118 cm³/mol. The molecular formula is C16H13BrClN3O3S4. The summed E-state index contributed by atoms with van der Waals surface area (Å²) in [6.07, 6.45) is 1.10. The van der Waals surface area contributed by atoms with Gasteiger partial charge in [0.2, 0.25) is 5.91 Å². The highest BCUT2D eigenvalue weighted by molar-refractivity contribution is 9.11. The molecule has 0 bridgehead atoms. The van der Waals surface area contributed by atoms with Gasteiger partial charge in [0.25, 0.3) is 10.0 Å². The van der Waals surface area contributed by atoms with Crippen molar-refractivity contribution in [1.29, 1.82) is 0 Å². The second-order valence-electron chi connectivity index (χ2n) is 5.96. The van der Waals surface area contributed by atoms with E-state index in [-0.39, 0.29) is 10.1 Å². The molecule has 0 aromatic carbocycles. The van der Waals surface area contributed by atoms with Gasteiger partial charge in [0.05, 0.1) is 18.7 Å². The normalized spacial score (nSPS) is 17.9. The minimum atomic E-state index is -3.75. The van der Waals surface area contributed by atoms with Crippen molar-refractivity contribution in [2.24, 2.45) is 0 Å². The van der Waals surface area contributed by atoms with Crippen LogP contribution in [0.4, 0.5) is 5.13 Å². The van der Waals surface area contributed by atoms with E-state index < -0.39 is 16.1 Å². The number of aromatic nitrogens is 1. The quantitative estimate of drug-likeness (QED) is 0.488. The fraction of sp³-hybridized carbons (Fsp3) is 0.250. The van der Waals surface area contributed by atoms with Crippen LogP contribution in [0.1, 0.15) is 12.8 Å². The largest absolute Gasteiger partial charge is 0.301 e. The lowest BCUT2D eigenvalue weighted by molar-refractivity contribution is -0.119.